The van der Waals surface area contributed by atoms with Gasteiger partial charge in [0.25, 0.3) is 0 Å². The third-order valence-electron chi connectivity index (χ3n) is 3.78. The highest BCUT2D eigenvalue weighted by Gasteiger charge is 2.29. The van der Waals surface area contributed by atoms with Gasteiger partial charge in [-0.25, -0.2) is 0 Å². The van der Waals surface area contributed by atoms with Gasteiger partial charge in [-0.2, -0.15) is 0 Å². The van der Waals surface area contributed by atoms with Crippen molar-refractivity contribution < 1.29 is 14.7 Å². The first-order valence-corrected chi connectivity index (χ1v) is 7.15. The normalized spacial score (nSPS) is 23.6. The molecule has 1 fully saturated rings. The predicted molar refractivity (Wildman–Crippen MR) is 70.2 cm³/mol. The van der Waals surface area contributed by atoms with E-state index in [1.165, 1.54) is 19.3 Å². The van der Waals surface area contributed by atoms with E-state index in [4.69, 9.17) is 5.11 Å². The van der Waals surface area contributed by atoms with Gasteiger partial charge in [0, 0.05) is 12.5 Å². The van der Waals surface area contributed by atoms with Crippen LogP contribution in [0.2, 0.25) is 0 Å². The van der Waals surface area contributed by atoms with Gasteiger partial charge >= 0.3 is 5.97 Å². The molecule has 1 saturated carbocycles. The number of hydrogen-bond acceptors (Lipinski definition) is 2. The van der Waals surface area contributed by atoms with E-state index in [0.29, 0.717) is 12.8 Å². The third-order valence-corrected chi connectivity index (χ3v) is 3.78. The first kappa shape index (κ1) is 15.0. The van der Waals surface area contributed by atoms with Gasteiger partial charge in [0.15, 0.2) is 0 Å². The number of carbonyl (C=O) groups excluding carboxylic acids is 1. The Bertz CT molecular complexity index is 270. The maximum Gasteiger partial charge on any atom is 0.306 e. The van der Waals surface area contributed by atoms with Crippen LogP contribution in [0.25, 0.3) is 0 Å². The molecule has 0 atom stereocenters. The van der Waals surface area contributed by atoms with Crippen molar-refractivity contribution in [2.24, 2.45) is 11.8 Å². The van der Waals surface area contributed by atoms with E-state index in [9.17, 15) is 9.59 Å². The topological polar surface area (TPSA) is 66.4 Å². The number of carboxylic acid groups (broad SMARTS) is 1. The fraction of sp³-hybridized carbons (Fsp3) is 0.857. The molecule has 0 bridgehead atoms. The van der Waals surface area contributed by atoms with Crippen LogP contribution in [0.1, 0.15) is 58.3 Å². The lowest BCUT2D eigenvalue weighted by molar-refractivity contribution is -0.144. The van der Waals surface area contributed by atoms with Crippen molar-refractivity contribution >= 4 is 11.9 Å². The largest absolute Gasteiger partial charge is 0.481 e. The molecule has 0 saturated heterocycles. The average Bonchev–Trinajstić information content (AvgIpc) is 2.38. The highest BCUT2D eigenvalue weighted by molar-refractivity contribution is 5.79. The highest BCUT2D eigenvalue weighted by Crippen LogP contribution is 2.28. The Hall–Kier alpha value is -1.06. The van der Waals surface area contributed by atoms with E-state index in [2.05, 4.69) is 12.2 Å². The molecule has 0 aromatic heterocycles. The predicted octanol–water partition coefficient (Wildman–Crippen LogP) is 2.57. The van der Waals surface area contributed by atoms with Gasteiger partial charge in [-0.3, -0.25) is 9.59 Å². The second kappa shape index (κ2) is 8.11. The number of carbonyl (C=O) groups is 2. The van der Waals surface area contributed by atoms with Crippen LogP contribution < -0.4 is 5.32 Å². The standard InChI is InChI=1S/C14H25NO3/c1-2-3-4-5-10-15-13(16)11-6-8-12(9-7-11)14(17)18/h11-12H,2-10H2,1H3,(H,15,16)(H,17,18). The summed E-state index contributed by atoms with van der Waals surface area (Å²) in [6.07, 6.45) is 7.36. The number of carboxylic acids is 1. The number of nitrogens with one attached hydrogen (secondary N) is 1. The Morgan fingerprint density at radius 2 is 1.67 bits per heavy atom. The molecule has 0 unspecified atom stereocenters. The van der Waals surface area contributed by atoms with Gasteiger partial charge in [-0.1, -0.05) is 26.2 Å². The Morgan fingerprint density at radius 1 is 1.06 bits per heavy atom. The molecule has 2 N–H and O–H groups in total. The summed E-state index contributed by atoms with van der Waals surface area (Å²) >= 11 is 0. The minimum absolute atomic E-state index is 0.0341. The number of unbranched alkanes of at least 4 members (excludes halogenated alkanes) is 3. The van der Waals surface area contributed by atoms with Crippen LogP contribution in [0.4, 0.5) is 0 Å². The van der Waals surface area contributed by atoms with Gasteiger partial charge < -0.3 is 10.4 Å². The molecule has 1 aliphatic rings. The van der Waals surface area contributed by atoms with Crippen molar-refractivity contribution in [1.29, 1.82) is 0 Å². The summed E-state index contributed by atoms with van der Waals surface area (Å²) in [5.74, 6) is -0.797. The minimum atomic E-state index is -0.714. The summed E-state index contributed by atoms with van der Waals surface area (Å²) in [6, 6.07) is 0. The zero-order valence-electron chi connectivity index (χ0n) is 11.3. The molecule has 0 spiro atoms. The van der Waals surface area contributed by atoms with Crippen molar-refractivity contribution in [2.75, 3.05) is 6.54 Å². The monoisotopic (exact) mass is 255 g/mol. The van der Waals surface area contributed by atoms with E-state index >= 15 is 0 Å². The first-order chi connectivity index (χ1) is 8.65. The van der Waals surface area contributed by atoms with Crippen LogP contribution in [0.3, 0.4) is 0 Å². The fourth-order valence-electron chi connectivity index (χ4n) is 2.51. The Labute approximate surface area is 109 Å². The lowest BCUT2D eigenvalue weighted by atomic mass is 9.81. The molecule has 0 aromatic carbocycles. The zero-order valence-corrected chi connectivity index (χ0v) is 11.3. The summed E-state index contributed by atoms with van der Waals surface area (Å²) in [4.78, 5) is 22.7. The van der Waals surface area contributed by atoms with E-state index in [1.807, 2.05) is 0 Å². The molecule has 104 valence electrons. The van der Waals surface area contributed by atoms with Crippen LogP contribution in [0, 0.1) is 11.8 Å². The first-order valence-electron chi connectivity index (χ1n) is 7.15. The summed E-state index contributed by atoms with van der Waals surface area (Å²) in [5.41, 5.74) is 0. The molecule has 1 amide bonds. The van der Waals surface area contributed by atoms with Crippen LogP contribution in [-0.4, -0.2) is 23.5 Å². The van der Waals surface area contributed by atoms with Crippen molar-refractivity contribution in [3.63, 3.8) is 0 Å². The van der Waals surface area contributed by atoms with E-state index in [-0.39, 0.29) is 17.7 Å². The van der Waals surface area contributed by atoms with Gasteiger partial charge in [0.2, 0.25) is 5.91 Å². The molecule has 0 heterocycles. The van der Waals surface area contributed by atoms with E-state index in [0.717, 1.165) is 25.8 Å². The van der Waals surface area contributed by atoms with Crippen molar-refractivity contribution in [3.8, 4) is 0 Å². The number of rotatable bonds is 7. The second-order valence-corrected chi connectivity index (χ2v) is 5.24. The van der Waals surface area contributed by atoms with Gasteiger partial charge in [-0.05, 0) is 32.1 Å². The van der Waals surface area contributed by atoms with Gasteiger partial charge in [-0.15, -0.1) is 0 Å². The SMILES string of the molecule is CCCCCCNC(=O)C1CCC(C(=O)O)CC1. The van der Waals surface area contributed by atoms with Crippen LogP contribution in [0.5, 0.6) is 0 Å². The van der Waals surface area contributed by atoms with Crippen molar-refractivity contribution in [3.05, 3.63) is 0 Å². The van der Waals surface area contributed by atoms with Crippen molar-refractivity contribution in [1.82, 2.24) is 5.32 Å². The van der Waals surface area contributed by atoms with E-state index in [1.54, 1.807) is 0 Å². The lowest BCUT2D eigenvalue weighted by Gasteiger charge is -2.25. The average molecular weight is 255 g/mol. The molecular formula is C14H25NO3. The quantitative estimate of drug-likeness (QED) is 0.687. The molecule has 4 heteroatoms. The Balaban J connectivity index is 2.14. The molecule has 18 heavy (non-hydrogen) atoms. The van der Waals surface area contributed by atoms with Crippen LogP contribution in [-0.2, 0) is 9.59 Å². The summed E-state index contributed by atoms with van der Waals surface area (Å²) < 4.78 is 0. The van der Waals surface area contributed by atoms with Gasteiger partial charge in [0.05, 0.1) is 5.92 Å². The summed E-state index contributed by atoms with van der Waals surface area (Å²) in [5, 5.41) is 11.9. The maximum absolute atomic E-state index is 11.8. The number of aliphatic carboxylic acids is 1. The van der Waals surface area contributed by atoms with Crippen LogP contribution in [0.15, 0.2) is 0 Å². The molecule has 0 aromatic rings. The molecule has 1 rings (SSSR count). The summed E-state index contributed by atoms with van der Waals surface area (Å²) in [6.45, 7) is 2.93. The molecule has 4 nitrogen and oxygen atoms in total. The second-order valence-electron chi connectivity index (χ2n) is 5.24. The van der Waals surface area contributed by atoms with Crippen molar-refractivity contribution in [2.45, 2.75) is 58.3 Å². The molecule has 1 aliphatic carbocycles. The number of amides is 1. The van der Waals surface area contributed by atoms with Gasteiger partial charge in [0.1, 0.15) is 0 Å². The molecule has 0 aliphatic heterocycles. The van der Waals surface area contributed by atoms with E-state index < -0.39 is 5.97 Å². The lowest BCUT2D eigenvalue weighted by Crippen LogP contribution is -2.34. The fourth-order valence-corrected chi connectivity index (χ4v) is 2.51. The number of hydrogen-bond donors (Lipinski definition) is 2. The van der Waals surface area contributed by atoms with Crippen LogP contribution >= 0.6 is 0 Å². The smallest absolute Gasteiger partial charge is 0.306 e. The summed E-state index contributed by atoms with van der Waals surface area (Å²) in [7, 11) is 0. The zero-order chi connectivity index (χ0) is 13.4. The maximum atomic E-state index is 11.8. The molecule has 0 radical (unpaired) electrons. The Morgan fingerprint density at radius 3 is 2.22 bits per heavy atom. The highest BCUT2D eigenvalue weighted by atomic mass is 16.4. The Kier molecular flexibility index (Phi) is 6.76. The molecular weight excluding hydrogens is 230 g/mol. The third kappa shape index (κ3) is 5.07. The minimum Gasteiger partial charge on any atom is -0.481 e.